The summed E-state index contributed by atoms with van der Waals surface area (Å²) in [6, 6.07) is 1.57. The van der Waals surface area contributed by atoms with Crippen molar-refractivity contribution in [2.45, 2.75) is 55.6 Å². The molecule has 0 bridgehead atoms. The maximum absolute atomic E-state index is 13.4. The number of aromatic nitrogens is 4. The van der Waals surface area contributed by atoms with E-state index in [2.05, 4.69) is 19.9 Å². The highest BCUT2D eigenvalue weighted by Gasteiger charge is 2.44. The van der Waals surface area contributed by atoms with Gasteiger partial charge in [-0.15, -0.1) is 10.2 Å². The second-order valence-corrected chi connectivity index (χ2v) is 13.1. The Labute approximate surface area is 221 Å². The largest absolute Gasteiger partial charge is 0.364 e. The monoisotopic (exact) mass is 567 g/mol. The zero-order valence-corrected chi connectivity index (χ0v) is 22.5. The van der Waals surface area contributed by atoms with Crippen LogP contribution in [0.5, 0.6) is 0 Å². The van der Waals surface area contributed by atoms with Crippen LogP contribution in [0.2, 0.25) is 0 Å². The molecule has 11 nitrogen and oxygen atoms in total. The summed E-state index contributed by atoms with van der Waals surface area (Å²) >= 11 is 0.700. The molecule has 3 aliphatic rings. The van der Waals surface area contributed by atoms with Crippen molar-refractivity contribution in [3.8, 4) is 10.8 Å². The third kappa shape index (κ3) is 4.44. The van der Waals surface area contributed by atoms with Crippen LogP contribution in [0, 0.1) is 0 Å². The molecule has 1 saturated carbocycles. The first-order chi connectivity index (χ1) is 18.0. The van der Waals surface area contributed by atoms with E-state index >= 15 is 0 Å². The van der Waals surface area contributed by atoms with Gasteiger partial charge in [0.1, 0.15) is 4.90 Å². The molecule has 2 aliphatic heterocycles. The molecular weight excluding hydrogens is 540 g/mol. The van der Waals surface area contributed by atoms with Gasteiger partial charge in [-0.25, -0.2) is 26.9 Å². The standard InChI is InChI=1S/C23H27F2N7O4S2/c1-22(4-5-22)29-38(34,35)14-10-15(31-8-9-36-23(2,13-31)21(33)30-6-3-7-30)16-11-26-18(32(16)12-14)20-28-27-19(37-20)17(24)25/h10-12,17,29H,3-9,13H2,1-2H3/t23-/m0/s1. The van der Waals surface area contributed by atoms with Crippen LogP contribution in [-0.2, 0) is 19.6 Å². The fourth-order valence-electron chi connectivity index (χ4n) is 4.76. The molecule has 5 heterocycles. The molecule has 1 atom stereocenters. The van der Waals surface area contributed by atoms with Gasteiger partial charge in [0.25, 0.3) is 12.3 Å². The normalized spacial score (nSPS) is 23.2. The molecule has 0 radical (unpaired) electrons. The fraction of sp³-hybridized carbons (Fsp3) is 0.565. The third-order valence-corrected chi connectivity index (χ3v) is 9.85. The minimum Gasteiger partial charge on any atom is -0.364 e. The molecule has 2 saturated heterocycles. The van der Waals surface area contributed by atoms with Gasteiger partial charge in [0.05, 0.1) is 30.6 Å². The first kappa shape index (κ1) is 25.5. The van der Waals surface area contributed by atoms with E-state index in [4.69, 9.17) is 4.74 Å². The average molecular weight is 568 g/mol. The lowest BCUT2D eigenvalue weighted by Gasteiger charge is -2.44. The first-order valence-corrected chi connectivity index (χ1v) is 14.6. The number of hydrogen-bond donors (Lipinski definition) is 1. The number of ether oxygens (including phenoxy) is 1. The maximum atomic E-state index is 13.4. The summed E-state index contributed by atoms with van der Waals surface area (Å²) in [5.41, 5.74) is -0.514. The van der Waals surface area contributed by atoms with Gasteiger partial charge in [-0.3, -0.25) is 9.20 Å². The highest BCUT2D eigenvalue weighted by atomic mass is 32.2. The number of alkyl halides is 2. The smallest absolute Gasteiger partial charge is 0.291 e. The molecule has 38 heavy (non-hydrogen) atoms. The van der Waals surface area contributed by atoms with E-state index in [1.54, 1.807) is 28.5 Å². The second kappa shape index (κ2) is 8.89. The fourth-order valence-corrected chi connectivity index (χ4v) is 6.93. The van der Waals surface area contributed by atoms with Crippen molar-refractivity contribution >= 4 is 38.5 Å². The Morgan fingerprint density at radius 1 is 1.21 bits per heavy atom. The zero-order chi connectivity index (χ0) is 26.9. The van der Waals surface area contributed by atoms with E-state index in [1.807, 2.05) is 11.8 Å². The van der Waals surface area contributed by atoms with Gasteiger partial charge >= 0.3 is 0 Å². The Balaban J connectivity index is 1.45. The molecule has 204 valence electrons. The Kier molecular flexibility index (Phi) is 5.97. The maximum Gasteiger partial charge on any atom is 0.291 e. The summed E-state index contributed by atoms with van der Waals surface area (Å²) in [6.07, 6.45) is 2.61. The molecule has 0 spiro atoms. The van der Waals surface area contributed by atoms with Crippen molar-refractivity contribution in [1.29, 1.82) is 0 Å². The summed E-state index contributed by atoms with van der Waals surface area (Å²) in [6.45, 7) is 5.87. The molecule has 1 amide bonds. The number of nitrogens with zero attached hydrogens (tertiary/aromatic N) is 6. The van der Waals surface area contributed by atoms with E-state index in [0.29, 0.717) is 42.2 Å². The second-order valence-electron chi connectivity index (χ2n) is 10.5. The van der Waals surface area contributed by atoms with Crippen LogP contribution >= 0.6 is 11.3 Å². The number of carbonyl (C=O) groups is 1. The van der Waals surface area contributed by atoms with E-state index < -0.39 is 32.6 Å². The Bertz CT molecular complexity index is 1520. The van der Waals surface area contributed by atoms with Gasteiger partial charge in [-0.05, 0) is 39.2 Å². The topological polar surface area (TPSA) is 122 Å². The van der Waals surface area contributed by atoms with Gasteiger partial charge < -0.3 is 14.5 Å². The van der Waals surface area contributed by atoms with Crippen LogP contribution in [0.15, 0.2) is 23.4 Å². The van der Waals surface area contributed by atoms with E-state index in [-0.39, 0.29) is 34.8 Å². The summed E-state index contributed by atoms with van der Waals surface area (Å²) in [5, 5.41) is 7.12. The van der Waals surface area contributed by atoms with Crippen molar-refractivity contribution in [2.75, 3.05) is 37.7 Å². The quantitative estimate of drug-likeness (QED) is 0.462. The number of likely N-dealkylation sites (tertiary alicyclic amines) is 1. The van der Waals surface area contributed by atoms with Gasteiger partial charge in [0.15, 0.2) is 21.4 Å². The third-order valence-electron chi connectivity index (χ3n) is 7.32. The van der Waals surface area contributed by atoms with Crippen molar-refractivity contribution in [2.24, 2.45) is 0 Å². The van der Waals surface area contributed by atoms with E-state index in [0.717, 1.165) is 19.3 Å². The summed E-state index contributed by atoms with van der Waals surface area (Å²) in [4.78, 5) is 21.2. The van der Waals surface area contributed by atoms with Crippen molar-refractivity contribution in [3.63, 3.8) is 0 Å². The summed E-state index contributed by atoms with van der Waals surface area (Å²) in [5.74, 6) is 0.104. The van der Waals surface area contributed by atoms with E-state index in [9.17, 15) is 22.0 Å². The first-order valence-electron chi connectivity index (χ1n) is 12.3. The van der Waals surface area contributed by atoms with Gasteiger partial charge in [0, 0.05) is 31.4 Å². The predicted molar refractivity (Wildman–Crippen MR) is 135 cm³/mol. The molecule has 6 rings (SSSR count). The van der Waals surface area contributed by atoms with Crippen LogP contribution in [-0.4, -0.2) is 82.7 Å². The van der Waals surface area contributed by atoms with E-state index in [1.165, 1.54) is 6.20 Å². The number of hydrogen-bond acceptors (Lipinski definition) is 9. The number of pyridine rings is 1. The Hall–Kier alpha value is -2.75. The predicted octanol–water partition coefficient (Wildman–Crippen LogP) is 2.45. The Morgan fingerprint density at radius 2 is 1.97 bits per heavy atom. The number of amides is 1. The molecule has 3 aromatic heterocycles. The zero-order valence-electron chi connectivity index (χ0n) is 20.9. The van der Waals surface area contributed by atoms with Crippen LogP contribution in [0.25, 0.3) is 16.3 Å². The van der Waals surface area contributed by atoms with Crippen molar-refractivity contribution in [1.82, 2.24) is 29.2 Å². The van der Waals surface area contributed by atoms with Crippen LogP contribution in [0.4, 0.5) is 14.5 Å². The summed E-state index contributed by atoms with van der Waals surface area (Å²) in [7, 11) is -3.93. The van der Waals surface area contributed by atoms with Gasteiger partial charge in [0.2, 0.25) is 10.0 Å². The minimum atomic E-state index is -3.93. The number of anilines is 1. The molecule has 1 aliphatic carbocycles. The molecule has 3 fully saturated rings. The van der Waals surface area contributed by atoms with Crippen molar-refractivity contribution < 1.29 is 26.7 Å². The number of nitrogens with one attached hydrogen (secondary N) is 1. The number of sulfonamides is 1. The number of halogens is 2. The van der Waals surface area contributed by atoms with Gasteiger partial charge in [-0.1, -0.05) is 11.3 Å². The lowest BCUT2D eigenvalue weighted by molar-refractivity contribution is -0.161. The highest BCUT2D eigenvalue weighted by Crippen LogP contribution is 2.38. The molecule has 3 aromatic rings. The SMILES string of the molecule is CC1(NS(=O)(=O)c2cc(N3CCO[C@](C)(C(=O)N4CCC4)C3)c3cnc(-c4nnc(C(F)F)s4)n3c2)CC1. The minimum absolute atomic E-state index is 0.00626. The number of rotatable bonds is 7. The van der Waals surface area contributed by atoms with Crippen LogP contribution in [0.3, 0.4) is 0 Å². The lowest BCUT2D eigenvalue weighted by atomic mass is 9.99. The van der Waals surface area contributed by atoms with Gasteiger partial charge in [-0.2, -0.15) is 0 Å². The van der Waals surface area contributed by atoms with Crippen molar-refractivity contribution in [3.05, 3.63) is 23.5 Å². The molecule has 1 N–H and O–H groups in total. The number of imidazole rings is 1. The van der Waals surface area contributed by atoms with Crippen LogP contribution in [0.1, 0.15) is 44.5 Å². The number of fused-ring (bicyclic) bond motifs is 1. The number of carbonyl (C=O) groups excluding carboxylic acids is 1. The highest BCUT2D eigenvalue weighted by molar-refractivity contribution is 7.89. The molecule has 0 unspecified atom stereocenters. The molecule has 15 heteroatoms. The Morgan fingerprint density at radius 3 is 2.61 bits per heavy atom. The molecule has 0 aromatic carbocycles. The number of morpholine rings is 1. The van der Waals surface area contributed by atoms with Crippen LogP contribution < -0.4 is 9.62 Å². The lowest BCUT2D eigenvalue weighted by Crippen LogP contribution is -2.61. The average Bonchev–Trinajstić information content (AvgIpc) is 3.22. The summed E-state index contributed by atoms with van der Waals surface area (Å²) < 4.78 is 63.5. The molecular formula is C23H27F2N7O4S2.